The molecule has 0 saturated carbocycles. The van der Waals surface area contributed by atoms with Gasteiger partial charge in [-0.05, 0) is 24.1 Å². The molecular formula is C14H22N2O3S. The second-order valence-corrected chi connectivity index (χ2v) is 7.21. The highest BCUT2D eigenvalue weighted by atomic mass is 32.2. The van der Waals surface area contributed by atoms with Crippen LogP contribution >= 0.6 is 0 Å². The molecule has 20 heavy (non-hydrogen) atoms. The van der Waals surface area contributed by atoms with Crippen LogP contribution in [0.4, 0.5) is 0 Å². The molecule has 0 unspecified atom stereocenters. The summed E-state index contributed by atoms with van der Waals surface area (Å²) in [5, 5.41) is 12.8. The number of hydrogen-bond acceptors (Lipinski definition) is 4. The summed E-state index contributed by atoms with van der Waals surface area (Å²) >= 11 is 0. The van der Waals surface area contributed by atoms with Crippen LogP contribution in [0.2, 0.25) is 0 Å². The van der Waals surface area contributed by atoms with Crippen molar-refractivity contribution in [3.05, 3.63) is 29.8 Å². The summed E-state index contributed by atoms with van der Waals surface area (Å²) in [7, 11) is -2.03. The lowest BCUT2D eigenvalue weighted by atomic mass is 10.1. The van der Waals surface area contributed by atoms with Crippen LogP contribution in [0, 0.1) is 0 Å². The molecule has 1 aromatic carbocycles. The molecule has 0 bridgehead atoms. The van der Waals surface area contributed by atoms with Gasteiger partial charge in [-0.25, -0.2) is 8.42 Å². The Morgan fingerprint density at radius 3 is 2.45 bits per heavy atom. The van der Waals surface area contributed by atoms with Gasteiger partial charge < -0.3 is 10.4 Å². The third kappa shape index (κ3) is 3.03. The van der Waals surface area contributed by atoms with Gasteiger partial charge in [0.15, 0.2) is 0 Å². The monoisotopic (exact) mass is 298 g/mol. The van der Waals surface area contributed by atoms with Crippen LogP contribution in [0.5, 0.6) is 0 Å². The summed E-state index contributed by atoms with van der Waals surface area (Å²) < 4.78 is 26.3. The number of hydrogen-bond donors (Lipinski definition) is 2. The van der Waals surface area contributed by atoms with Gasteiger partial charge in [0, 0.05) is 20.1 Å². The molecule has 1 saturated heterocycles. The van der Waals surface area contributed by atoms with Crippen molar-refractivity contribution in [2.24, 2.45) is 0 Å². The van der Waals surface area contributed by atoms with Crippen molar-refractivity contribution in [2.45, 2.75) is 36.8 Å². The number of aryl methyl sites for hydroxylation is 1. The Balaban J connectivity index is 2.20. The van der Waals surface area contributed by atoms with Crippen molar-refractivity contribution in [3.63, 3.8) is 0 Å². The first kappa shape index (κ1) is 15.4. The van der Waals surface area contributed by atoms with Crippen LogP contribution in [-0.2, 0) is 16.4 Å². The molecule has 1 fully saturated rings. The van der Waals surface area contributed by atoms with Crippen LogP contribution in [0.15, 0.2) is 29.2 Å². The summed E-state index contributed by atoms with van der Waals surface area (Å²) in [6.07, 6.45) is 1.32. The zero-order valence-corrected chi connectivity index (χ0v) is 12.7. The molecule has 6 heteroatoms. The van der Waals surface area contributed by atoms with E-state index in [1.807, 2.05) is 12.1 Å². The molecule has 0 amide bonds. The highest BCUT2D eigenvalue weighted by Gasteiger charge is 2.35. The quantitative estimate of drug-likeness (QED) is 0.835. The van der Waals surface area contributed by atoms with Crippen molar-refractivity contribution in [2.75, 3.05) is 20.1 Å². The molecule has 1 aromatic rings. The average Bonchev–Trinajstić information content (AvgIpc) is 2.85. The molecule has 1 aliphatic heterocycles. The Morgan fingerprint density at radius 1 is 1.30 bits per heavy atom. The zero-order chi connectivity index (χ0) is 14.8. The largest absolute Gasteiger partial charge is 0.390 e. The van der Waals surface area contributed by atoms with Gasteiger partial charge in [-0.1, -0.05) is 25.5 Å². The molecule has 2 atom stereocenters. The number of aliphatic hydroxyl groups excluding tert-OH is 1. The third-order valence-corrected chi connectivity index (χ3v) is 5.65. The van der Waals surface area contributed by atoms with Crippen molar-refractivity contribution in [1.29, 1.82) is 0 Å². The van der Waals surface area contributed by atoms with Crippen LogP contribution in [0.3, 0.4) is 0 Å². The van der Waals surface area contributed by atoms with Crippen LogP contribution < -0.4 is 5.32 Å². The molecule has 0 aliphatic carbocycles. The van der Waals surface area contributed by atoms with Gasteiger partial charge >= 0.3 is 0 Å². The first-order valence-electron chi connectivity index (χ1n) is 6.92. The highest BCUT2D eigenvalue weighted by Crippen LogP contribution is 2.20. The predicted molar refractivity (Wildman–Crippen MR) is 78.1 cm³/mol. The minimum atomic E-state index is -3.55. The van der Waals surface area contributed by atoms with Crippen molar-refractivity contribution < 1.29 is 13.5 Å². The van der Waals surface area contributed by atoms with Crippen molar-refractivity contribution >= 4 is 10.0 Å². The minimum absolute atomic E-state index is 0.277. The fraction of sp³-hybridized carbons (Fsp3) is 0.571. The summed E-state index contributed by atoms with van der Waals surface area (Å²) in [6.45, 7) is 3.00. The fourth-order valence-electron chi connectivity index (χ4n) is 2.48. The lowest BCUT2D eigenvalue weighted by Crippen LogP contribution is -2.44. The first-order valence-corrected chi connectivity index (χ1v) is 8.36. The van der Waals surface area contributed by atoms with Crippen LogP contribution in [-0.4, -0.2) is 50.1 Å². The summed E-state index contributed by atoms with van der Waals surface area (Å²) in [4.78, 5) is 0.277. The number of rotatable bonds is 5. The summed E-state index contributed by atoms with van der Waals surface area (Å²) in [5.74, 6) is 0. The highest BCUT2D eigenvalue weighted by molar-refractivity contribution is 7.89. The van der Waals surface area contributed by atoms with Gasteiger partial charge in [-0.15, -0.1) is 0 Å². The molecule has 2 rings (SSSR count). The standard InChI is InChI=1S/C14H22N2O3S/c1-3-4-11-5-7-12(8-6-11)20(18,19)16(2)13-9-15-10-14(13)17/h5-8,13-15,17H,3-4,9-10H2,1-2H3/t13-,14-/m1/s1. The van der Waals surface area contributed by atoms with E-state index in [1.54, 1.807) is 12.1 Å². The van der Waals surface area contributed by atoms with Crippen LogP contribution in [0.1, 0.15) is 18.9 Å². The Labute approximate surface area is 120 Å². The molecule has 0 radical (unpaired) electrons. The average molecular weight is 298 g/mol. The Morgan fingerprint density at radius 2 is 1.95 bits per heavy atom. The number of nitrogens with zero attached hydrogens (tertiary/aromatic N) is 1. The third-order valence-electron chi connectivity index (χ3n) is 3.76. The lowest BCUT2D eigenvalue weighted by Gasteiger charge is -2.25. The van der Waals surface area contributed by atoms with Crippen molar-refractivity contribution in [3.8, 4) is 0 Å². The van der Waals surface area contributed by atoms with E-state index in [2.05, 4.69) is 12.2 Å². The SMILES string of the molecule is CCCc1ccc(S(=O)(=O)N(C)[C@@H]2CNC[C@H]2O)cc1. The number of benzene rings is 1. The van der Waals surface area contributed by atoms with Gasteiger partial charge in [0.1, 0.15) is 0 Å². The first-order chi connectivity index (χ1) is 9.46. The molecular weight excluding hydrogens is 276 g/mol. The zero-order valence-electron chi connectivity index (χ0n) is 11.9. The van der Waals surface area contributed by atoms with E-state index in [-0.39, 0.29) is 4.90 Å². The van der Waals surface area contributed by atoms with Gasteiger partial charge in [-0.3, -0.25) is 0 Å². The van der Waals surface area contributed by atoms with Crippen molar-refractivity contribution in [1.82, 2.24) is 9.62 Å². The minimum Gasteiger partial charge on any atom is -0.390 e. The Kier molecular flexibility index (Phi) is 4.80. The molecule has 2 N–H and O–H groups in total. The van der Waals surface area contributed by atoms with E-state index < -0.39 is 22.2 Å². The second kappa shape index (κ2) is 6.22. The maximum absolute atomic E-state index is 12.5. The van der Waals surface area contributed by atoms with E-state index in [4.69, 9.17) is 0 Å². The van der Waals surface area contributed by atoms with Gasteiger partial charge in [0.05, 0.1) is 17.0 Å². The molecule has 1 heterocycles. The lowest BCUT2D eigenvalue weighted by molar-refractivity contribution is 0.136. The van der Waals surface area contributed by atoms with E-state index in [9.17, 15) is 13.5 Å². The maximum Gasteiger partial charge on any atom is 0.243 e. The normalized spacial score (nSPS) is 23.4. The van der Waals surface area contributed by atoms with E-state index in [0.29, 0.717) is 13.1 Å². The Bertz CT molecular complexity index is 542. The van der Waals surface area contributed by atoms with Gasteiger partial charge in [-0.2, -0.15) is 4.31 Å². The molecule has 5 nitrogen and oxygen atoms in total. The fourth-order valence-corrected chi connectivity index (χ4v) is 3.87. The van der Waals surface area contributed by atoms with Crippen LogP contribution in [0.25, 0.3) is 0 Å². The number of nitrogens with one attached hydrogen (secondary N) is 1. The number of aliphatic hydroxyl groups is 1. The molecule has 112 valence electrons. The van der Waals surface area contributed by atoms with E-state index in [1.165, 1.54) is 11.4 Å². The number of likely N-dealkylation sites (N-methyl/N-ethyl adjacent to an activating group) is 1. The molecule has 0 spiro atoms. The van der Waals surface area contributed by atoms with E-state index >= 15 is 0 Å². The smallest absolute Gasteiger partial charge is 0.243 e. The Hall–Kier alpha value is -0.950. The van der Waals surface area contributed by atoms with Gasteiger partial charge in [0.2, 0.25) is 10.0 Å². The van der Waals surface area contributed by atoms with E-state index in [0.717, 1.165) is 18.4 Å². The maximum atomic E-state index is 12.5. The topological polar surface area (TPSA) is 69.6 Å². The number of β-amino-alcohol motifs (C(OH)–C–C–N with tert-alkyl or cyclic N) is 1. The predicted octanol–water partition coefficient (Wildman–Crippen LogP) is 0.592. The summed E-state index contributed by atoms with van der Waals surface area (Å²) in [6, 6.07) is 6.59. The number of sulfonamides is 1. The van der Waals surface area contributed by atoms with Gasteiger partial charge in [0.25, 0.3) is 0 Å². The summed E-state index contributed by atoms with van der Waals surface area (Å²) in [5.41, 5.74) is 1.14. The molecule has 0 aromatic heterocycles. The second-order valence-electron chi connectivity index (χ2n) is 5.21. The molecule has 1 aliphatic rings.